The number of nitrogens with zero attached hydrogens (tertiary/aromatic N) is 2. The van der Waals surface area contributed by atoms with E-state index in [4.69, 9.17) is 0 Å². The third-order valence-corrected chi connectivity index (χ3v) is 4.34. The molecule has 3 amide bonds. The van der Waals surface area contributed by atoms with E-state index in [1.54, 1.807) is 26.0 Å². The number of hydrogen-bond donors (Lipinski definition) is 2. The predicted octanol–water partition coefficient (Wildman–Crippen LogP) is 0.425. The number of carbonyl (C=O) groups excluding carboxylic acids is 3. The van der Waals surface area contributed by atoms with Crippen LogP contribution >= 0.6 is 0 Å². The van der Waals surface area contributed by atoms with Gasteiger partial charge in [0.25, 0.3) is 5.91 Å². The molecule has 7 nitrogen and oxygen atoms in total. The summed E-state index contributed by atoms with van der Waals surface area (Å²) in [6.45, 7) is 6.03. The van der Waals surface area contributed by atoms with Crippen LogP contribution in [0.5, 0.6) is 0 Å². The van der Waals surface area contributed by atoms with Crippen molar-refractivity contribution >= 4 is 29.1 Å². The highest BCUT2D eigenvalue weighted by Crippen LogP contribution is 2.26. The Balaban J connectivity index is 1.82. The van der Waals surface area contributed by atoms with Crippen LogP contribution in [0.4, 0.5) is 11.4 Å². The molecule has 3 rings (SSSR count). The first-order chi connectivity index (χ1) is 11.0. The molecule has 1 atom stereocenters. The number of amides is 3. The third-order valence-electron chi connectivity index (χ3n) is 4.34. The van der Waals surface area contributed by atoms with Crippen LogP contribution in [0.1, 0.15) is 24.2 Å². The van der Waals surface area contributed by atoms with Crippen LogP contribution in [0.3, 0.4) is 0 Å². The van der Waals surface area contributed by atoms with Gasteiger partial charge >= 0.3 is 0 Å². The Labute approximate surface area is 134 Å². The van der Waals surface area contributed by atoms with Gasteiger partial charge in [-0.2, -0.15) is 0 Å². The first-order valence-electron chi connectivity index (χ1n) is 7.72. The van der Waals surface area contributed by atoms with Crippen molar-refractivity contribution in [1.82, 2.24) is 10.2 Å². The summed E-state index contributed by atoms with van der Waals surface area (Å²) in [5.41, 5.74) is 1.92. The Kier molecular flexibility index (Phi) is 3.94. The van der Waals surface area contributed by atoms with Crippen LogP contribution in [0.15, 0.2) is 18.2 Å². The molecule has 0 aliphatic carbocycles. The highest BCUT2D eigenvalue weighted by molar-refractivity contribution is 6.10. The second-order valence-corrected chi connectivity index (χ2v) is 5.91. The van der Waals surface area contributed by atoms with Crippen LogP contribution < -0.4 is 15.5 Å². The smallest absolute Gasteiger partial charge is 0.254 e. The van der Waals surface area contributed by atoms with Gasteiger partial charge in [0, 0.05) is 38.8 Å². The first kappa shape index (κ1) is 15.3. The van der Waals surface area contributed by atoms with Crippen LogP contribution in [0.25, 0.3) is 0 Å². The van der Waals surface area contributed by atoms with Crippen molar-refractivity contribution < 1.29 is 14.4 Å². The molecule has 2 aliphatic rings. The minimum absolute atomic E-state index is 0.0858. The topological polar surface area (TPSA) is 81.8 Å². The van der Waals surface area contributed by atoms with Gasteiger partial charge in [0.05, 0.1) is 11.3 Å². The highest BCUT2D eigenvalue weighted by atomic mass is 16.2. The SMILES string of the molecule is CC(=O)N1CCN(c2ccc3c(c2)C(=O)NC(C)C(=O)N3)CC1. The maximum absolute atomic E-state index is 12.3. The molecular weight excluding hydrogens is 296 g/mol. The minimum atomic E-state index is -0.558. The van der Waals surface area contributed by atoms with E-state index < -0.39 is 6.04 Å². The van der Waals surface area contributed by atoms with Gasteiger partial charge in [0.2, 0.25) is 11.8 Å². The summed E-state index contributed by atoms with van der Waals surface area (Å²) in [6.07, 6.45) is 0. The van der Waals surface area contributed by atoms with Gasteiger partial charge in [0.1, 0.15) is 6.04 Å². The van der Waals surface area contributed by atoms with Crippen molar-refractivity contribution in [2.24, 2.45) is 0 Å². The molecular formula is C16H20N4O3. The fraction of sp³-hybridized carbons (Fsp3) is 0.438. The summed E-state index contributed by atoms with van der Waals surface area (Å²) in [5, 5.41) is 5.44. The van der Waals surface area contributed by atoms with E-state index in [1.165, 1.54) is 0 Å². The largest absolute Gasteiger partial charge is 0.368 e. The standard InChI is InChI=1S/C16H20N4O3/c1-10-15(22)18-14-4-3-12(9-13(14)16(23)17-10)20-7-5-19(6-8-20)11(2)21/h3-4,9-10H,5-8H2,1-2H3,(H,17,23)(H,18,22). The van der Waals surface area contributed by atoms with Crippen molar-refractivity contribution in [2.45, 2.75) is 19.9 Å². The Hall–Kier alpha value is -2.57. The number of nitrogens with one attached hydrogen (secondary N) is 2. The molecule has 0 radical (unpaired) electrons. The fourth-order valence-corrected chi connectivity index (χ4v) is 2.89. The molecule has 122 valence electrons. The molecule has 0 spiro atoms. The zero-order valence-corrected chi connectivity index (χ0v) is 13.3. The molecule has 0 bridgehead atoms. The molecule has 23 heavy (non-hydrogen) atoms. The lowest BCUT2D eigenvalue weighted by molar-refractivity contribution is -0.129. The Morgan fingerprint density at radius 1 is 1.17 bits per heavy atom. The fourth-order valence-electron chi connectivity index (χ4n) is 2.89. The van der Waals surface area contributed by atoms with Crippen molar-refractivity contribution in [1.29, 1.82) is 0 Å². The Morgan fingerprint density at radius 3 is 2.52 bits per heavy atom. The van der Waals surface area contributed by atoms with Crippen LogP contribution in [0, 0.1) is 0 Å². The van der Waals surface area contributed by atoms with Crippen molar-refractivity contribution in [3.8, 4) is 0 Å². The predicted molar refractivity (Wildman–Crippen MR) is 86.5 cm³/mol. The van der Waals surface area contributed by atoms with Crippen LogP contribution in [-0.2, 0) is 9.59 Å². The van der Waals surface area contributed by atoms with Gasteiger partial charge in [-0.3, -0.25) is 14.4 Å². The Morgan fingerprint density at radius 2 is 1.87 bits per heavy atom. The van der Waals surface area contributed by atoms with Crippen LogP contribution in [0.2, 0.25) is 0 Å². The number of anilines is 2. The van der Waals surface area contributed by atoms with Gasteiger partial charge in [-0.25, -0.2) is 0 Å². The number of piperazine rings is 1. The van der Waals surface area contributed by atoms with E-state index in [0.29, 0.717) is 24.3 Å². The lowest BCUT2D eigenvalue weighted by Gasteiger charge is -2.35. The maximum Gasteiger partial charge on any atom is 0.254 e. The van der Waals surface area contributed by atoms with Crippen molar-refractivity contribution in [3.63, 3.8) is 0 Å². The second kappa shape index (κ2) is 5.91. The van der Waals surface area contributed by atoms with E-state index in [9.17, 15) is 14.4 Å². The Bertz CT molecular complexity index is 665. The number of hydrogen-bond acceptors (Lipinski definition) is 4. The zero-order chi connectivity index (χ0) is 16.6. The quantitative estimate of drug-likeness (QED) is 0.787. The second-order valence-electron chi connectivity index (χ2n) is 5.91. The molecule has 1 aromatic carbocycles. The first-order valence-corrected chi connectivity index (χ1v) is 7.72. The summed E-state index contributed by atoms with van der Waals surface area (Å²) in [5.74, 6) is -0.391. The maximum atomic E-state index is 12.3. The average Bonchev–Trinajstić information content (AvgIpc) is 2.64. The van der Waals surface area contributed by atoms with E-state index >= 15 is 0 Å². The number of benzene rings is 1. The van der Waals surface area contributed by atoms with Gasteiger partial charge in [-0.15, -0.1) is 0 Å². The summed E-state index contributed by atoms with van der Waals surface area (Å²) in [7, 11) is 0. The average molecular weight is 316 g/mol. The van der Waals surface area contributed by atoms with Gasteiger partial charge in [-0.1, -0.05) is 0 Å². The molecule has 2 heterocycles. The van der Waals surface area contributed by atoms with Crippen molar-refractivity contribution in [2.75, 3.05) is 36.4 Å². The molecule has 1 aromatic rings. The molecule has 0 aromatic heterocycles. The summed E-state index contributed by atoms with van der Waals surface area (Å²) in [6, 6.07) is 4.90. The summed E-state index contributed by atoms with van der Waals surface area (Å²) < 4.78 is 0. The van der Waals surface area contributed by atoms with E-state index in [2.05, 4.69) is 15.5 Å². The molecule has 1 fully saturated rings. The van der Waals surface area contributed by atoms with E-state index in [0.717, 1.165) is 18.8 Å². The van der Waals surface area contributed by atoms with Crippen LogP contribution in [-0.4, -0.2) is 54.8 Å². The summed E-state index contributed by atoms with van der Waals surface area (Å²) in [4.78, 5) is 39.4. The highest BCUT2D eigenvalue weighted by Gasteiger charge is 2.26. The third kappa shape index (κ3) is 2.99. The molecule has 0 saturated carbocycles. The van der Waals surface area contributed by atoms with Gasteiger partial charge in [0.15, 0.2) is 0 Å². The number of fused-ring (bicyclic) bond motifs is 1. The van der Waals surface area contributed by atoms with Gasteiger partial charge in [-0.05, 0) is 25.1 Å². The van der Waals surface area contributed by atoms with E-state index in [-0.39, 0.29) is 17.7 Å². The normalized spacial score (nSPS) is 21.2. The monoisotopic (exact) mass is 316 g/mol. The molecule has 1 unspecified atom stereocenters. The van der Waals surface area contributed by atoms with E-state index in [1.807, 2.05) is 11.0 Å². The lowest BCUT2D eigenvalue weighted by Crippen LogP contribution is -2.48. The van der Waals surface area contributed by atoms with Gasteiger partial charge < -0.3 is 20.4 Å². The molecule has 7 heteroatoms. The van der Waals surface area contributed by atoms with Crippen molar-refractivity contribution in [3.05, 3.63) is 23.8 Å². The number of carbonyl (C=O) groups is 3. The lowest BCUT2D eigenvalue weighted by atomic mass is 10.1. The molecule has 2 N–H and O–H groups in total. The number of rotatable bonds is 1. The molecule has 1 saturated heterocycles. The zero-order valence-electron chi connectivity index (χ0n) is 13.3. The summed E-state index contributed by atoms with van der Waals surface area (Å²) >= 11 is 0. The molecule has 2 aliphatic heterocycles. The minimum Gasteiger partial charge on any atom is -0.368 e.